The zero-order valence-corrected chi connectivity index (χ0v) is 15.5. The zero-order chi connectivity index (χ0) is 18.5. The molecule has 2 aliphatic heterocycles. The summed E-state index contributed by atoms with van der Waals surface area (Å²) >= 11 is 0. The van der Waals surface area contributed by atoms with E-state index in [1.165, 1.54) is 17.8 Å². The molecule has 2 aliphatic rings. The molecule has 0 unspecified atom stereocenters. The third kappa shape index (κ3) is 4.29. The van der Waals surface area contributed by atoms with Crippen molar-refractivity contribution in [2.45, 2.75) is 18.6 Å². The summed E-state index contributed by atoms with van der Waals surface area (Å²) in [4.78, 5) is 8.98. The quantitative estimate of drug-likeness (QED) is 0.780. The van der Waals surface area contributed by atoms with Gasteiger partial charge in [-0.3, -0.25) is 9.88 Å². The van der Waals surface area contributed by atoms with Gasteiger partial charge in [0.1, 0.15) is 5.82 Å². The Morgan fingerprint density at radius 1 is 0.926 bits per heavy atom. The lowest BCUT2D eigenvalue weighted by Gasteiger charge is -2.36. The second-order valence-electron chi connectivity index (χ2n) is 7.09. The minimum atomic E-state index is -0.716. The number of ether oxygens (including phenoxy) is 2. The van der Waals surface area contributed by atoms with E-state index in [0.29, 0.717) is 13.2 Å². The largest absolute Gasteiger partial charge is 0.369 e. The van der Waals surface area contributed by atoms with E-state index in [2.05, 4.69) is 26.9 Å². The van der Waals surface area contributed by atoms with Gasteiger partial charge in [-0.25, -0.2) is 4.39 Å². The predicted octanol–water partition coefficient (Wildman–Crippen LogP) is 3.02. The molecule has 1 aromatic heterocycles. The van der Waals surface area contributed by atoms with Gasteiger partial charge in [0.25, 0.3) is 0 Å². The first-order chi connectivity index (χ1) is 13.3. The van der Waals surface area contributed by atoms with Crippen molar-refractivity contribution in [1.29, 1.82) is 0 Å². The predicted molar refractivity (Wildman–Crippen MR) is 102 cm³/mol. The number of rotatable bonds is 6. The fraction of sp³-hybridized carbons (Fsp3) is 0.476. The van der Waals surface area contributed by atoms with Crippen LogP contribution in [0.1, 0.15) is 18.4 Å². The standard InChI is InChI=1S/C21H26FN3O2/c22-19-4-2-18(3-5-19)21(26-16-17-27-21)8-1-11-24-12-14-25(15-13-24)20-6-9-23-10-7-20/h2-7,9-10H,1,8,11-17H2. The fourth-order valence-corrected chi connectivity index (χ4v) is 3.93. The lowest BCUT2D eigenvalue weighted by molar-refractivity contribution is -0.172. The molecular formula is C21H26FN3O2. The van der Waals surface area contributed by atoms with Gasteiger partial charge in [0.15, 0.2) is 5.79 Å². The molecule has 2 aromatic rings. The maximum Gasteiger partial charge on any atom is 0.195 e. The lowest BCUT2D eigenvalue weighted by atomic mass is 10.00. The highest BCUT2D eigenvalue weighted by atomic mass is 19.1. The van der Waals surface area contributed by atoms with E-state index < -0.39 is 5.79 Å². The van der Waals surface area contributed by atoms with Gasteiger partial charge in [-0.2, -0.15) is 0 Å². The molecule has 144 valence electrons. The number of benzene rings is 1. The summed E-state index contributed by atoms with van der Waals surface area (Å²) in [5.41, 5.74) is 2.15. The summed E-state index contributed by atoms with van der Waals surface area (Å²) < 4.78 is 25.2. The van der Waals surface area contributed by atoms with Gasteiger partial charge < -0.3 is 14.4 Å². The molecule has 0 radical (unpaired) electrons. The molecule has 4 rings (SSSR count). The number of aromatic nitrogens is 1. The van der Waals surface area contributed by atoms with Crippen LogP contribution in [0.15, 0.2) is 48.8 Å². The van der Waals surface area contributed by atoms with E-state index >= 15 is 0 Å². The zero-order valence-electron chi connectivity index (χ0n) is 15.5. The van der Waals surface area contributed by atoms with Crippen LogP contribution in [0.4, 0.5) is 10.1 Å². The van der Waals surface area contributed by atoms with Crippen LogP contribution in [0, 0.1) is 5.82 Å². The first kappa shape index (κ1) is 18.3. The topological polar surface area (TPSA) is 37.8 Å². The Balaban J connectivity index is 1.28. The summed E-state index contributed by atoms with van der Waals surface area (Å²) in [7, 11) is 0. The highest BCUT2D eigenvalue weighted by Gasteiger charge is 2.38. The van der Waals surface area contributed by atoms with Gasteiger partial charge in [-0.1, -0.05) is 12.1 Å². The van der Waals surface area contributed by atoms with Crippen molar-refractivity contribution in [1.82, 2.24) is 9.88 Å². The molecule has 5 nitrogen and oxygen atoms in total. The van der Waals surface area contributed by atoms with Crippen molar-refractivity contribution < 1.29 is 13.9 Å². The number of nitrogens with zero attached hydrogens (tertiary/aromatic N) is 3. The number of halogens is 1. The summed E-state index contributed by atoms with van der Waals surface area (Å²) in [6, 6.07) is 10.6. The third-order valence-corrected chi connectivity index (χ3v) is 5.42. The van der Waals surface area contributed by atoms with Crippen LogP contribution < -0.4 is 4.90 Å². The van der Waals surface area contributed by atoms with Gasteiger partial charge in [-0.15, -0.1) is 0 Å². The Bertz CT molecular complexity index is 712. The van der Waals surface area contributed by atoms with Gasteiger partial charge in [0.2, 0.25) is 0 Å². The Morgan fingerprint density at radius 2 is 1.59 bits per heavy atom. The SMILES string of the molecule is Fc1ccc(C2(CCCN3CCN(c4ccncc4)CC3)OCCO2)cc1. The van der Waals surface area contributed by atoms with E-state index in [1.54, 1.807) is 12.1 Å². The molecule has 3 heterocycles. The van der Waals surface area contributed by atoms with Crippen LogP contribution >= 0.6 is 0 Å². The molecule has 0 atom stereocenters. The molecular weight excluding hydrogens is 345 g/mol. The van der Waals surface area contributed by atoms with Gasteiger partial charge in [0, 0.05) is 56.2 Å². The van der Waals surface area contributed by atoms with Crippen molar-refractivity contribution in [3.8, 4) is 0 Å². The maximum atomic E-state index is 13.3. The molecule has 6 heteroatoms. The fourth-order valence-electron chi connectivity index (χ4n) is 3.93. The average molecular weight is 371 g/mol. The molecule has 2 fully saturated rings. The highest BCUT2D eigenvalue weighted by molar-refractivity contribution is 5.44. The van der Waals surface area contributed by atoms with Crippen LogP contribution in [0.5, 0.6) is 0 Å². The Kier molecular flexibility index (Phi) is 5.66. The van der Waals surface area contributed by atoms with E-state index in [4.69, 9.17) is 9.47 Å². The first-order valence-corrected chi connectivity index (χ1v) is 9.66. The van der Waals surface area contributed by atoms with E-state index in [-0.39, 0.29) is 5.82 Å². The molecule has 2 saturated heterocycles. The van der Waals surface area contributed by atoms with Crippen LogP contribution in [0.3, 0.4) is 0 Å². The number of pyridine rings is 1. The summed E-state index contributed by atoms with van der Waals surface area (Å²) in [5.74, 6) is -0.953. The number of hydrogen-bond acceptors (Lipinski definition) is 5. The van der Waals surface area contributed by atoms with Crippen molar-refractivity contribution in [2.24, 2.45) is 0 Å². The van der Waals surface area contributed by atoms with E-state index in [0.717, 1.165) is 51.1 Å². The number of anilines is 1. The molecule has 0 saturated carbocycles. The molecule has 0 N–H and O–H groups in total. The lowest BCUT2D eigenvalue weighted by Crippen LogP contribution is -2.46. The van der Waals surface area contributed by atoms with E-state index in [9.17, 15) is 4.39 Å². The summed E-state index contributed by atoms with van der Waals surface area (Å²) in [6.07, 6.45) is 5.45. The summed E-state index contributed by atoms with van der Waals surface area (Å²) in [6.45, 7) is 6.34. The summed E-state index contributed by atoms with van der Waals surface area (Å²) in [5, 5.41) is 0. The monoisotopic (exact) mass is 371 g/mol. The van der Waals surface area contributed by atoms with E-state index in [1.807, 2.05) is 12.4 Å². The Labute approximate surface area is 159 Å². The number of hydrogen-bond donors (Lipinski definition) is 0. The van der Waals surface area contributed by atoms with Gasteiger partial charge in [-0.05, 0) is 37.2 Å². The molecule has 0 spiro atoms. The maximum absolute atomic E-state index is 13.3. The Morgan fingerprint density at radius 3 is 2.26 bits per heavy atom. The van der Waals surface area contributed by atoms with Crippen LogP contribution in [0.25, 0.3) is 0 Å². The van der Waals surface area contributed by atoms with Crippen molar-refractivity contribution in [3.63, 3.8) is 0 Å². The van der Waals surface area contributed by atoms with Crippen LogP contribution in [-0.2, 0) is 15.3 Å². The van der Waals surface area contributed by atoms with Crippen molar-refractivity contribution in [3.05, 3.63) is 60.2 Å². The molecule has 0 bridgehead atoms. The minimum Gasteiger partial charge on any atom is -0.369 e. The highest BCUT2D eigenvalue weighted by Crippen LogP contribution is 2.36. The van der Waals surface area contributed by atoms with Crippen LogP contribution in [-0.4, -0.2) is 55.8 Å². The number of piperazine rings is 1. The Hall–Kier alpha value is -2.02. The van der Waals surface area contributed by atoms with Gasteiger partial charge in [0.05, 0.1) is 13.2 Å². The average Bonchev–Trinajstić information content (AvgIpc) is 3.20. The minimum absolute atomic E-state index is 0.237. The molecule has 0 aliphatic carbocycles. The second kappa shape index (κ2) is 8.33. The molecule has 27 heavy (non-hydrogen) atoms. The van der Waals surface area contributed by atoms with Crippen molar-refractivity contribution in [2.75, 3.05) is 50.8 Å². The second-order valence-corrected chi connectivity index (χ2v) is 7.09. The normalized spacial score (nSPS) is 20.1. The third-order valence-electron chi connectivity index (χ3n) is 5.42. The first-order valence-electron chi connectivity index (χ1n) is 9.66. The molecule has 1 aromatic carbocycles. The smallest absolute Gasteiger partial charge is 0.195 e. The van der Waals surface area contributed by atoms with Crippen molar-refractivity contribution >= 4 is 5.69 Å². The molecule has 0 amide bonds. The van der Waals surface area contributed by atoms with Gasteiger partial charge >= 0.3 is 0 Å². The van der Waals surface area contributed by atoms with Crippen LogP contribution in [0.2, 0.25) is 0 Å².